The summed E-state index contributed by atoms with van der Waals surface area (Å²) < 4.78 is 1.43. The predicted octanol–water partition coefficient (Wildman–Crippen LogP) is 3.16. The standard InChI is InChI=1S/C20H20ClN9/c1-2-25-18-19-26-11-14(10-23)30(19)29-20(28-18)27-16-8-12(9-22)7-15(17(16)21)13-3-5-24-6-4-13/h7-8,11,13,24H,2-6H2,1H3,(H2,25,27,28,29). The van der Waals surface area contributed by atoms with E-state index in [2.05, 4.69) is 43.2 Å². The van der Waals surface area contributed by atoms with Gasteiger partial charge in [-0.1, -0.05) is 11.6 Å². The van der Waals surface area contributed by atoms with Crippen LogP contribution in [-0.4, -0.2) is 39.2 Å². The predicted molar refractivity (Wildman–Crippen MR) is 114 cm³/mol. The quantitative estimate of drug-likeness (QED) is 0.573. The van der Waals surface area contributed by atoms with Crippen molar-refractivity contribution in [3.8, 4) is 12.1 Å². The van der Waals surface area contributed by atoms with Gasteiger partial charge in [0.2, 0.25) is 5.95 Å². The highest BCUT2D eigenvalue weighted by atomic mass is 35.5. The zero-order valence-corrected chi connectivity index (χ0v) is 17.2. The van der Waals surface area contributed by atoms with Crippen LogP contribution in [0.2, 0.25) is 5.02 Å². The van der Waals surface area contributed by atoms with Crippen molar-refractivity contribution >= 4 is 34.7 Å². The fourth-order valence-corrected chi connectivity index (χ4v) is 3.96. The lowest BCUT2D eigenvalue weighted by Gasteiger charge is -2.25. The number of piperidine rings is 1. The van der Waals surface area contributed by atoms with Crippen LogP contribution in [0.4, 0.5) is 17.5 Å². The summed E-state index contributed by atoms with van der Waals surface area (Å²) in [4.78, 5) is 8.72. The molecule has 4 rings (SSSR count). The largest absolute Gasteiger partial charge is 0.367 e. The van der Waals surface area contributed by atoms with Crippen LogP contribution in [0.5, 0.6) is 0 Å². The third-order valence-corrected chi connectivity index (χ3v) is 5.50. The zero-order valence-electron chi connectivity index (χ0n) is 16.4. The van der Waals surface area contributed by atoms with Crippen molar-refractivity contribution in [1.82, 2.24) is 24.9 Å². The normalized spacial score (nSPS) is 14.3. The van der Waals surface area contributed by atoms with Gasteiger partial charge in [0, 0.05) is 6.54 Å². The molecule has 1 aromatic carbocycles. The topological polar surface area (TPSA) is 127 Å². The van der Waals surface area contributed by atoms with Gasteiger partial charge in [-0.3, -0.25) is 0 Å². The maximum atomic E-state index is 9.51. The Bertz CT molecular complexity index is 1170. The first kappa shape index (κ1) is 19.9. The van der Waals surface area contributed by atoms with Crippen LogP contribution in [0.1, 0.15) is 42.5 Å². The van der Waals surface area contributed by atoms with Crippen LogP contribution in [0.3, 0.4) is 0 Å². The van der Waals surface area contributed by atoms with Gasteiger partial charge in [0.1, 0.15) is 6.07 Å². The van der Waals surface area contributed by atoms with E-state index in [1.165, 1.54) is 10.7 Å². The minimum atomic E-state index is 0.251. The molecule has 1 fully saturated rings. The number of nitrogens with zero attached hydrogens (tertiary/aromatic N) is 6. The van der Waals surface area contributed by atoms with Gasteiger partial charge in [0.05, 0.1) is 28.5 Å². The molecule has 10 heteroatoms. The van der Waals surface area contributed by atoms with Crippen molar-refractivity contribution in [1.29, 1.82) is 10.5 Å². The Balaban J connectivity index is 1.77. The molecule has 1 aliphatic heterocycles. The number of aromatic nitrogens is 4. The molecule has 0 atom stereocenters. The molecule has 1 aliphatic rings. The molecular formula is C20H20ClN9. The lowest BCUT2D eigenvalue weighted by molar-refractivity contribution is 0.460. The molecule has 0 saturated carbocycles. The highest BCUT2D eigenvalue weighted by Gasteiger charge is 2.21. The van der Waals surface area contributed by atoms with Gasteiger partial charge < -0.3 is 16.0 Å². The molecule has 0 bridgehead atoms. The number of hydrogen-bond acceptors (Lipinski definition) is 8. The van der Waals surface area contributed by atoms with E-state index in [1.54, 1.807) is 6.07 Å². The number of hydrogen-bond donors (Lipinski definition) is 3. The summed E-state index contributed by atoms with van der Waals surface area (Å²) in [7, 11) is 0. The Kier molecular flexibility index (Phi) is 5.66. The summed E-state index contributed by atoms with van der Waals surface area (Å²) in [5, 5.41) is 33.4. The summed E-state index contributed by atoms with van der Waals surface area (Å²) in [5.74, 6) is 1.04. The number of nitrogens with one attached hydrogen (secondary N) is 3. The van der Waals surface area contributed by atoms with E-state index in [9.17, 15) is 10.5 Å². The molecule has 0 spiro atoms. The van der Waals surface area contributed by atoms with Gasteiger partial charge in [0.25, 0.3) is 0 Å². The average molecular weight is 422 g/mol. The van der Waals surface area contributed by atoms with E-state index < -0.39 is 0 Å². The first-order valence-electron chi connectivity index (χ1n) is 9.75. The minimum Gasteiger partial charge on any atom is -0.367 e. The van der Waals surface area contributed by atoms with Crippen LogP contribution in [0, 0.1) is 22.7 Å². The number of rotatable bonds is 5. The van der Waals surface area contributed by atoms with Gasteiger partial charge in [-0.25, -0.2) is 4.98 Å². The molecule has 0 aliphatic carbocycles. The monoisotopic (exact) mass is 421 g/mol. The van der Waals surface area contributed by atoms with Crippen LogP contribution in [-0.2, 0) is 0 Å². The Morgan fingerprint density at radius 2 is 2.07 bits per heavy atom. The average Bonchev–Trinajstić information content (AvgIpc) is 3.19. The van der Waals surface area contributed by atoms with E-state index in [0.29, 0.717) is 40.0 Å². The smallest absolute Gasteiger partial charge is 0.247 e. The molecule has 3 N–H and O–H groups in total. The van der Waals surface area contributed by atoms with Crippen LogP contribution in [0.15, 0.2) is 18.3 Å². The highest BCUT2D eigenvalue weighted by Crippen LogP contribution is 2.37. The lowest BCUT2D eigenvalue weighted by Crippen LogP contribution is -2.26. The fraction of sp³-hybridized carbons (Fsp3) is 0.350. The minimum absolute atomic E-state index is 0.251. The second-order valence-electron chi connectivity index (χ2n) is 6.99. The molecule has 1 saturated heterocycles. The Morgan fingerprint density at radius 3 is 2.77 bits per heavy atom. The van der Waals surface area contributed by atoms with Crippen molar-refractivity contribution in [3.05, 3.63) is 40.2 Å². The number of anilines is 3. The molecule has 3 aromatic rings. The Hall–Kier alpha value is -3.40. The molecule has 3 heterocycles. The van der Waals surface area contributed by atoms with Crippen molar-refractivity contribution in [2.24, 2.45) is 0 Å². The summed E-state index contributed by atoms with van der Waals surface area (Å²) in [6.45, 7) is 4.41. The van der Waals surface area contributed by atoms with Gasteiger partial charge in [-0.2, -0.15) is 20.0 Å². The van der Waals surface area contributed by atoms with Crippen LogP contribution >= 0.6 is 11.6 Å². The van der Waals surface area contributed by atoms with E-state index in [0.717, 1.165) is 31.5 Å². The third kappa shape index (κ3) is 3.73. The number of nitriles is 2. The number of halogens is 1. The second-order valence-corrected chi connectivity index (χ2v) is 7.37. The van der Waals surface area contributed by atoms with Gasteiger partial charge in [0.15, 0.2) is 17.2 Å². The zero-order chi connectivity index (χ0) is 21.1. The number of fused-ring (bicyclic) bond motifs is 1. The SMILES string of the molecule is CCNc1nc(Nc2cc(C#N)cc(C3CCNCC3)c2Cl)nn2c(C#N)cnc12. The van der Waals surface area contributed by atoms with Crippen molar-refractivity contribution in [2.45, 2.75) is 25.7 Å². The van der Waals surface area contributed by atoms with Gasteiger partial charge >= 0.3 is 0 Å². The molecule has 0 radical (unpaired) electrons. The van der Waals surface area contributed by atoms with E-state index in [4.69, 9.17) is 11.6 Å². The first-order valence-corrected chi connectivity index (χ1v) is 10.1. The molecule has 0 amide bonds. The summed E-state index contributed by atoms with van der Waals surface area (Å²) in [6, 6.07) is 7.83. The van der Waals surface area contributed by atoms with Gasteiger partial charge in [-0.15, -0.1) is 5.10 Å². The lowest BCUT2D eigenvalue weighted by atomic mass is 9.89. The maximum Gasteiger partial charge on any atom is 0.247 e. The van der Waals surface area contributed by atoms with Crippen molar-refractivity contribution in [3.63, 3.8) is 0 Å². The fourth-order valence-electron chi connectivity index (χ4n) is 3.65. The van der Waals surface area contributed by atoms with E-state index >= 15 is 0 Å². The second kappa shape index (κ2) is 8.54. The van der Waals surface area contributed by atoms with Crippen LogP contribution in [0.25, 0.3) is 5.65 Å². The van der Waals surface area contributed by atoms with Crippen LogP contribution < -0.4 is 16.0 Å². The van der Waals surface area contributed by atoms with Crippen molar-refractivity contribution < 1.29 is 0 Å². The number of benzene rings is 1. The third-order valence-electron chi connectivity index (χ3n) is 5.08. The van der Waals surface area contributed by atoms with E-state index in [1.807, 2.05) is 13.0 Å². The molecule has 152 valence electrons. The summed E-state index contributed by atoms with van der Waals surface area (Å²) in [5.41, 5.74) is 2.79. The molecule has 2 aromatic heterocycles. The molecular weight excluding hydrogens is 402 g/mol. The maximum absolute atomic E-state index is 9.51. The molecule has 9 nitrogen and oxygen atoms in total. The Labute approximate surface area is 178 Å². The highest BCUT2D eigenvalue weighted by molar-refractivity contribution is 6.34. The molecule has 0 unspecified atom stereocenters. The summed E-state index contributed by atoms with van der Waals surface area (Å²) in [6.07, 6.45) is 3.37. The first-order chi connectivity index (χ1) is 14.6. The van der Waals surface area contributed by atoms with Crippen molar-refractivity contribution in [2.75, 3.05) is 30.3 Å². The molecule has 30 heavy (non-hydrogen) atoms. The van der Waals surface area contributed by atoms with E-state index in [-0.39, 0.29) is 11.9 Å². The summed E-state index contributed by atoms with van der Waals surface area (Å²) >= 11 is 6.74. The van der Waals surface area contributed by atoms with Gasteiger partial charge in [-0.05, 0) is 56.5 Å². The Morgan fingerprint density at radius 1 is 1.27 bits per heavy atom. The number of imidazole rings is 1.